The maximum Gasteiger partial charge on any atom is 0.429 e. The van der Waals surface area contributed by atoms with E-state index in [1.165, 1.54) is 0 Å². The van der Waals surface area contributed by atoms with E-state index < -0.39 is 13.0 Å². The second-order valence-electron chi connectivity index (χ2n) is 5.03. The van der Waals surface area contributed by atoms with E-state index in [0.717, 1.165) is 16.7 Å². The number of rotatable bonds is 7. The summed E-state index contributed by atoms with van der Waals surface area (Å²) in [6.07, 6.45) is 2.62. The lowest BCUT2D eigenvalue weighted by atomic mass is 9.55. The van der Waals surface area contributed by atoms with Crippen LogP contribution >= 0.6 is 11.8 Å². The lowest BCUT2D eigenvalue weighted by Crippen LogP contribution is -2.49. The van der Waals surface area contributed by atoms with Gasteiger partial charge in [0.2, 0.25) is 0 Å². The van der Waals surface area contributed by atoms with Crippen LogP contribution in [0.4, 0.5) is 0 Å². The van der Waals surface area contributed by atoms with Crippen molar-refractivity contribution >= 4 is 35.6 Å². The molecule has 5 heteroatoms. The minimum Gasteiger partial charge on any atom is -0.525 e. The van der Waals surface area contributed by atoms with Crippen molar-refractivity contribution in [2.24, 2.45) is 5.73 Å². The zero-order valence-electron chi connectivity index (χ0n) is 12.6. The van der Waals surface area contributed by atoms with Gasteiger partial charge in [0.25, 0.3) is 0 Å². The van der Waals surface area contributed by atoms with Crippen LogP contribution in [0, 0.1) is 0 Å². The first kappa shape index (κ1) is 16.7. The van der Waals surface area contributed by atoms with Crippen LogP contribution in [0.3, 0.4) is 0 Å². The summed E-state index contributed by atoms with van der Waals surface area (Å²) in [5, 5.41) is 0. The molecule has 0 saturated carbocycles. The van der Waals surface area contributed by atoms with Crippen molar-refractivity contribution in [3.63, 3.8) is 0 Å². The molecule has 0 amide bonds. The van der Waals surface area contributed by atoms with E-state index in [0.29, 0.717) is 6.42 Å². The van der Waals surface area contributed by atoms with Crippen molar-refractivity contribution in [3.8, 4) is 0 Å². The highest BCUT2D eigenvalue weighted by Crippen LogP contribution is 2.02. The number of carbonyl (C=O) groups excluding carboxylic acids is 1. The van der Waals surface area contributed by atoms with E-state index >= 15 is 0 Å². The Morgan fingerprint density at radius 2 is 1.59 bits per heavy atom. The Labute approximate surface area is 136 Å². The third-order valence-electron chi connectivity index (χ3n) is 3.37. The molecule has 0 fully saturated rings. The lowest BCUT2D eigenvalue weighted by molar-refractivity contribution is -0.136. The first-order valence-corrected chi connectivity index (χ1v) is 8.66. The Kier molecular flexibility index (Phi) is 6.56. The fourth-order valence-electron chi connectivity index (χ4n) is 2.15. The molecule has 0 aromatic heterocycles. The molecule has 2 N–H and O–H groups in total. The molecule has 0 heterocycles. The largest absolute Gasteiger partial charge is 0.525 e. The van der Waals surface area contributed by atoms with Crippen LogP contribution in [0.15, 0.2) is 60.7 Å². The molecular weight excluding hydrogens is 293 g/mol. The van der Waals surface area contributed by atoms with E-state index in [1.807, 2.05) is 66.9 Å². The second kappa shape index (κ2) is 8.66. The molecule has 0 saturated heterocycles. The highest BCUT2D eigenvalue weighted by molar-refractivity contribution is 7.98. The minimum atomic E-state index is -0.581. The monoisotopic (exact) mass is 313 g/mol. The van der Waals surface area contributed by atoms with E-state index in [2.05, 4.69) is 0 Å². The first-order valence-electron chi connectivity index (χ1n) is 7.27. The van der Waals surface area contributed by atoms with Crippen LogP contribution in [0.25, 0.3) is 0 Å². The first-order chi connectivity index (χ1) is 10.7. The molecule has 2 aromatic carbocycles. The Hall–Kier alpha value is -1.72. The molecule has 1 atom stereocenters. The van der Waals surface area contributed by atoms with Crippen LogP contribution in [0.5, 0.6) is 0 Å². The van der Waals surface area contributed by atoms with Crippen molar-refractivity contribution in [2.45, 2.75) is 12.5 Å². The molecule has 0 aliphatic rings. The van der Waals surface area contributed by atoms with E-state index in [1.54, 1.807) is 11.8 Å². The van der Waals surface area contributed by atoms with Gasteiger partial charge in [-0.15, -0.1) is 0 Å². The van der Waals surface area contributed by atoms with Gasteiger partial charge >= 0.3 is 12.9 Å². The zero-order chi connectivity index (χ0) is 15.8. The van der Waals surface area contributed by atoms with Crippen LogP contribution < -0.4 is 16.7 Å². The molecule has 1 unspecified atom stereocenters. The topological polar surface area (TPSA) is 52.3 Å². The van der Waals surface area contributed by atoms with Gasteiger partial charge in [-0.25, -0.2) is 0 Å². The van der Waals surface area contributed by atoms with Crippen LogP contribution in [0.1, 0.15) is 6.42 Å². The summed E-state index contributed by atoms with van der Waals surface area (Å²) >= 11 is 1.67. The van der Waals surface area contributed by atoms with Crippen LogP contribution in [-0.2, 0) is 9.45 Å². The number of nitrogens with two attached hydrogens (primary N) is 1. The van der Waals surface area contributed by atoms with Crippen molar-refractivity contribution in [3.05, 3.63) is 60.7 Å². The Balaban J connectivity index is 2.17. The quantitative estimate of drug-likeness (QED) is 0.786. The molecule has 2 aromatic rings. The Bertz CT molecular complexity index is 540. The molecule has 0 spiro atoms. The highest BCUT2D eigenvalue weighted by atomic mass is 32.2. The second-order valence-corrected chi connectivity index (χ2v) is 6.01. The maximum absolute atomic E-state index is 12.2. The summed E-state index contributed by atoms with van der Waals surface area (Å²) in [5.41, 5.74) is 7.81. The fourth-order valence-corrected chi connectivity index (χ4v) is 2.64. The standard InChI is InChI=1S/C17H20BNO2S/c1-22-13-12-16(19)17(20)21-18(14-8-4-2-5-9-14)15-10-6-3-7-11-15/h2-11,16H,12-13,19H2,1H3. The highest BCUT2D eigenvalue weighted by Gasteiger charge is 2.27. The summed E-state index contributed by atoms with van der Waals surface area (Å²) in [5.74, 6) is 0.490. The number of hydrogen-bond acceptors (Lipinski definition) is 4. The van der Waals surface area contributed by atoms with Crippen LogP contribution in [0.2, 0.25) is 0 Å². The van der Waals surface area contributed by atoms with Gasteiger partial charge < -0.3 is 10.4 Å². The summed E-state index contributed by atoms with van der Waals surface area (Å²) in [7, 11) is 0. The molecule has 22 heavy (non-hydrogen) atoms. The molecule has 114 valence electrons. The van der Waals surface area contributed by atoms with Gasteiger partial charge in [0.15, 0.2) is 0 Å². The lowest BCUT2D eigenvalue weighted by Gasteiger charge is -2.18. The SMILES string of the molecule is CSCCC(N)C(=O)OB(c1ccccc1)c1ccccc1. The summed E-state index contributed by atoms with van der Waals surface area (Å²) in [6.45, 7) is -0.421. The zero-order valence-corrected chi connectivity index (χ0v) is 13.5. The van der Waals surface area contributed by atoms with Crippen molar-refractivity contribution < 1.29 is 9.45 Å². The Morgan fingerprint density at radius 1 is 1.09 bits per heavy atom. The normalized spacial score (nSPS) is 11.7. The predicted molar refractivity (Wildman–Crippen MR) is 95.0 cm³/mol. The summed E-state index contributed by atoms with van der Waals surface area (Å²) < 4.78 is 5.71. The summed E-state index contributed by atoms with van der Waals surface area (Å²) in [6, 6.07) is 18.9. The van der Waals surface area contributed by atoms with Crippen molar-refractivity contribution in [2.75, 3.05) is 12.0 Å². The number of benzene rings is 2. The third-order valence-corrected chi connectivity index (χ3v) is 4.02. The average molecular weight is 313 g/mol. The maximum atomic E-state index is 12.2. The van der Waals surface area contributed by atoms with Crippen molar-refractivity contribution in [1.82, 2.24) is 0 Å². The van der Waals surface area contributed by atoms with Gasteiger partial charge in [0, 0.05) is 0 Å². The minimum absolute atomic E-state index is 0.355. The molecule has 3 nitrogen and oxygen atoms in total. The molecule has 0 aliphatic carbocycles. The predicted octanol–water partition coefficient (Wildman–Crippen LogP) is 1.42. The van der Waals surface area contributed by atoms with Crippen LogP contribution in [-0.4, -0.2) is 30.9 Å². The molecule has 2 rings (SSSR count). The average Bonchev–Trinajstić information content (AvgIpc) is 2.58. The van der Waals surface area contributed by atoms with Gasteiger partial charge in [-0.05, 0) is 29.4 Å². The van der Waals surface area contributed by atoms with Gasteiger partial charge in [-0.1, -0.05) is 60.7 Å². The van der Waals surface area contributed by atoms with Crippen molar-refractivity contribution in [1.29, 1.82) is 0 Å². The summed E-state index contributed by atoms with van der Waals surface area (Å²) in [4.78, 5) is 12.2. The molecule has 0 bridgehead atoms. The molecule has 0 aliphatic heterocycles. The fraction of sp³-hybridized carbons (Fsp3) is 0.235. The van der Waals surface area contributed by atoms with Gasteiger partial charge in [-0.2, -0.15) is 11.8 Å². The van der Waals surface area contributed by atoms with Gasteiger partial charge in [0.05, 0.1) is 0 Å². The number of hydrogen-bond donors (Lipinski definition) is 1. The molecule has 0 radical (unpaired) electrons. The van der Waals surface area contributed by atoms with Gasteiger partial charge in [0.1, 0.15) is 6.04 Å². The van der Waals surface area contributed by atoms with E-state index in [-0.39, 0.29) is 5.97 Å². The van der Waals surface area contributed by atoms with Gasteiger partial charge in [-0.3, -0.25) is 4.79 Å². The van der Waals surface area contributed by atoms with E-state index in [4.69, 9.17) is 10.4 Å². The Morgan fingerprint density at radius 3 is 2.05 bits per heavy atom. The number of carbonyl (C=O) groups is 1. The smallest absolute Gasteiger partial charge is 0.429 e. The molecular formula is C17H20BNO2S. The number of thioether (sulfide) groups is 1. The third kappa shape index (κ3) is 4.65. The van der Waals surface area contributed by atoms with E-state index in [9.17, 15) is 4.79 Å².